The Bertz CT molecular complexity index is 309. The molecular weight excluding hydrogens is 221 g/mol. The van der Waals surface area contributed by atoms with Gasteiger partial charge in [-0.15, -0.1) is 12.4 Å². The number of hydrogen-bond donors (Lipinski definition) is 2. The fourth-order valence-corrected chi connectivity index (χ4v) is 1.24. The molecule has 1 aromatic carbocycles. The highest BCUT2D eigenvalue weighted by molar-refractivity contribution is 5.85. The molecule has 0 aliphatic carbocycles. The summed E-state index contributed by atoms with van der Waals surface area (Å²) in [6, 6.07) is 4.33. The highest BCUT2D eigenvalue weighted by Gasteiger charge is 2.11. The standard InChI is InChI=1S/C10H14FNO2.ClH/c1-14-7-2-3-8(10(13)6-7)9(12)4-5-11;/h2-3,6,9,13H,4-5,12H2,1H3;1H/t9-;/m0./s1. The topological polar surface area (TPSA) is 55.5 Å². The summed E-state index contributed by atoms with van der Waals surface area (Å²) < 4.78 is 16.9. The minimum Gasteiger partial charge on any atom is -0.507 e. The molecule has 0 heterocycles. The van der Waals surface area contributed by atoms with E-state index in [1.165, 1.54) is 13.2 Å². The SMILES string of the molecule is COc1ccc([C@@H](N)CCF)c(O)c1.Cl. The van der Waals surface area contributed by atoms with Gasteiger partial charge in [0.05, 0.1) is 13.8 Å². The summed E-state index contributed by atoms with van der Waals surface area (Å²) in [5.74, 6) is 0.601. The lowest BCUT2D eigenvalue weighted by Crippen LogP contribution is -2.11. The van der Waals surface area contributed by atoms with Gasteiger partial charge >= 0.3 is 0 Å². The molecule has 0 bridgehead atoms. The molecule has 0 fully saturated rings. The largest absolute Gasteiger partial charge is 0.507 e. The Balaban J connectivity index is 0.00000196. The van der Waals surface area contributed by atoms with Crippen molar-refractivity contribution in [3.63, 3.8) is 0 Å². The van der Waals surface area contributed by atoms with Crippen molar-refractivity contribution in [1.82, 2.24) is 0 Å². The third-order valence-corrected chi connectivity index (χ3v) is 2.06. The van der Waals surface area contributed by atoms with Crippen LogP contribution in [0.1, 0.15) is 18.0 Å². The molecule has 1 rings (SSSR count). The first-order chi connectivity index (χ1) is 6.69. The summed E-state index contributed by atoms with van der Waals surface area (Å²) in [7, 11) is 1.51. The molecule has 15 heavy (non-hydrogen) atoms. The third kappa shape index (κ3) is 3.57. The zero-order chi connectivity index (χ0) is 10.6. The highest BCUT2D eigenvalue weighted by Crippen LogP contribution is 2.28. The smallest absolute Gasteiger partial charge is 0.124 e. The van der Waals surface area contributed by atoms with Gasteiger partial charge in [-0.1, -0.05) is 6.07 Å². The Kier molecular flexibility index (Phi) is 6.05. The minimum absolute atomic E-state index is 0. The van der Waals surface area contributed by atoms with Crippen LogP contribution in [0.15, 0.2) is 18.2 Å². The van der Waals surface area contributed by atoms with Crippen LogP contribution in [0.4, 0.5) is 4.39 Å². The van der Waals surface area contributed by atoms with Gasteiger partial charge < -0.3 is 15.6 Å². The van der Waals surface area contributed by atoms with Crippen molar-refractivity contribution >= 4 is 12.4 Å². The van der Waals surface area contributed by atoms with E-state index in [1.807, 2.05) is 0 Å². The molecule has 0 aromatic heterocycles. The molecule has 0 aliphatic rings. The van der Waals surface area contributed by atoms with E-state index in [2.05, 4.69) is 0 Å². The molecule has 0 amide bonds. The van der Waals surface area contributed by atoms with Crippen molar-refractivity contribution in [2.75, 3.05) is 13.8 Å². The molecule has 0 aliphatic heterocycles. The Morgan fingerprint density at radius 2 is 2.20 bits per heavy atom. The maximum absolute atomic E-state index is 12.0. The number of alkyl halides is 1. The van der Waals surface area contributed by atoms with E-state index in [4.69, 9.17) is 10.5 Å². The number of halogens is 2. The predicted octanol–water partition coefficient (Wildman–Crippen LogP) is 2.18. The maximum Gasteiger partial charge on any atom is 0.124 e. The van der Waals surface area contributed by atoms with Gasteiger partial charge in [-0.05, 0) is 12.5 Å². The molecule has 0 radical (unpaired) electrons. The van der Waals surface area contributed by atoms with Crippen molar-refractivity contribution in [1.29, 1.82) is 0 Å². The van der Waals surface area contributed by atoms with Crippen LogP contribution >= 0.6 is 12.4 Å². The number of phenolic OH excluding ortho intramolecular Hbond substituents is 1. The third-order valence-electron chi connectivity index (χ3n) is 2.06. The zero-order valence-electron chi connectivity index (χ0n) is 8.44. The predicted molar refractivity (Wildman–Crippen MR) is 59.4 cm³/mol. The first kappa shape index (κ1) is 14.0. The average Bonchev–Trinajstić information content (AvgIpc) is 2.17. The van der Waals surface area contributed by atoms with Crippen molar-refractivity contribution in [2.45, 2.75) is 12.5 Å². The molecule has 86 valence electrons. The van der Waals surface area contributed by atoms with Crippen LogP contribution in [0.2, 0.25) is 0 Å². The monoisotopic (exact) mass is 235 g/mol. The molecule has 1 aromatic rings. The highest BCUT2D eigenvalue weighted by atomic mass is 35.5. The van der Waals surface area contributed by atoms with Gasteiger partial charge in [-0.3, -0.25) is 4.39 Å². The van der Waals surface area contributed by atoms with E-state index in [1.54, 1.807) is 12.1 Å². The van der Waals surface area contributed by atoms with Crippen LogP contribution in [0.5, 0.6) is 11.5 Å². The summed E-state index contributed by atoms with van der Waals surface area (Å²) >= 11 is 0. The number of nitrogens with two attached hydrogens (primary N) is 1. The van der Waals surface area contributed by atoms with E-state index in [0.717, 1.165) is 0 Å². The summed E-state index contributed by atoms with van der Waals surface area (Å²) in [4.78, 5) is 0. The average molecular weight is 236 g/mol. The van der Waals surface area contributed by atoms with Gasteiger partial charge in [0.15, 0.2) is 0 Å². The van der Waals surface area contributed by atoms with Crippen LogP contribution in [0.3, 0.4) is 0 Å². The maximum atomic E-state index is 12.0. The lowest BCUT2D eigenvalue weighted by atomic mass is 10.0. The molecule has 0 saturated carbocycles. The lowest BCUT2D eigenvalue weighted by molar-refractivity contribution is 0.401. The van der Waals surface area contributed by atoms with E-state index >= 15 is 0 Å². The number of phenols is 1. The van der Waals surface area contributed by atoms with E-state index < -0.39 is 12.7 Å². The number of rotatable bonds is 4. The fraction of sp³-hybridized carbons (Fsp3) is 0.400. The summed E-state index contributed by atoms with van der Waals surface area (Å²) in [5, 5.41) is 9.54. The summed E-state index contributed by atoms with van der Waals surface area (Å²) in [6.07, 6.45) is 0.208. The normalized spacial score (nSPS) is 11.7. The van der Waals surface area contributed by atoms with Crippen molar-refractivity contribution < 1.29 is 14.2 Å². The second kappa shape index (κ2) is 6.48. The van der Waals surface area contributed by atoms with Gasteiger partial charge in [0.1, 0.15) is 11.5 Å². The Labute approximate surface area is 94.5 Å². The number of hydrogen-bond acceptors (Lipinski definition) is 3. The minimum atomic E-state index is -0.493. The van der Waals surface area contributed by atoms with E-state index in [0.29, 0.717) is 11.3 Å². The number of ether oxygens (including phenoxy) is 1. The van der Waals surface area contributed by atoms with Crippen LogP contribution in [-0.2, 0) is 0 Å². The van der Waals surface area contributed by atoms with Crippen LogP contribution in [0.25, 0.3) is 0 Å². The number of aromatic hydroxyl groups is 1. The fourth-order valence-electron chi connectivity index (χ4n) is 1.24. The van der Waals surface area contributed by atoms with Crippen LogP contribution < -0.4 is 10.5 Å². The van der Waals surface area contributed by atoms with Gasteiger partial charge in [-0.2, -0.15) is 0 Å². The number of benzene rings is 1. The second-order valence-corrected chi connectivity index (χ2v) is 3.01. The van der Waals surface area contributed by atoms with Crippen LogP contribution in [-0.4, -0.2) is 18.9 Å². The molecule has 1 atom stereocenters. The van der Waals surface area contributed by atoms with E-state index in [9.17, 15) is 9.50 Å². The molecule has 5 heteroatoms. The summed E-state index contributed by atoms with van der Waals surface area (Å²) in [6.45, 7) is -0.493. The quantitative estimate of drug-likeness (QED) is 0.841. The molecule has 3 nitrogen and oxygen atoms in total. The Morgan fingerprint density at radius 3 is 2.67 bits per heavy atom. The molecule has 0 spiro atoms. The first-order valence-corrected chi connectivity index (χ1v) is 4.37. The van der Waals surface area contributed by atoms with Crippen LogP contribution in [0, 0.1) is 0 Å². The first-order valence-electron chi connectivity index (χ1n) is 4.37. The Morgan fingerprint density at radius 1 is 1.53 bits per heavy atom. The van der Waals surface area contributed by atoms with Gasteiger partial charge in [0.2, 0.25) is 0 Å². The Hall–Kier alpha value is -1.00. The van der Waals surface area contributed by atoms with Gasteiger partial charge in [0.25, 0.3) is 0 Å². The van der Waals surface area contributed by atoms with Gasteiger partial charge in [-0.25, -0.2) is 0 Å². The molecule has 0 unspecified atom stereocenters. The van der Waals surface area contributed by atoms with Crippen molar-refractivity contribution in [3.8, 4) is 11.5 Å². The molecule has 3 N–H and O–H groups in total. The summed E-state index contributed by atoms with van der Waals surface area (Å²) in [5.41, 5.74) is 6.20. The zero-order valence-corrected chi connectivity index (χ0v) is 9.26. The molecule has 0 saturated heterocycles. The second-order valence-electron chi connectivity index (χ2n) is 3.01. The van der Waals surface area contributed by atoms with E-state index in [-0.39, 0.29) is 24.6 Å². The number of methoxy groups -OCH3 is 1. The van der Waals surface area contributed by atoms with Crippen molar-refractivity contribution in [3.05, 3.63) is 23.8 Å². The van der Waals surface area contributed by atoms with Crippen molar-refractivity contribution in [2.24, 2.45) is 5.73 Å². The lowest BCUT2D eigenvalue weighted by Gasteiger charge is -2.12. The van der Waals surface area contributed by atoms with Gasteiger partial charge in [0, 0.05) is 17.7 Å². The molecular formula is C10H15ClFNO2.